The SMILES string of the molecule is CC(=O)Oc1ccc(C=Cc2nc(-c3ccccc3O)n[nH]2)cc1. The second kappa shape index (κ2) is 6.78. The van der Waals surface area contributed by atoms with Crippen molar-refractivity contribution < 1.29 is 14.6 Å². The summed E-state index contributed by atoms with van der Waals surface area (Å²) in [6.07, 6.45) is 3.63. The number of H-pyrrole nitrogens is 1. The summed E-state index contributed by atoms with van der Waals surface area (Å²) in [5, 5.41) is 16.7. The monoisotopic (exact) mass is 321 g/mol. The van der Waals surface area contributed by atoms with Gasteiger partial charge in [-0.05, 0) is 35.9 Å². The summed E-state index contributed by atoms with van der Waals surface area (Å²) >= 11 is 0. The number of benzene rings is 2. The van der Waals surface area contributed by atoms with Crippen molar-refractivity contribution in [3.63, 3.8) is 0 Å². The minimum Gasteiger partial charge on any atom is -0.507 e. The highest BCUT2D eigenvalue weighted by Gasteiger charge is 2.08. The van der Waals surface area contributed by atoms with E-state index in [-0.39, 0.29) is 11.7 Å². The standard InChI is InChI=1S/C18H15N3O3/c1-12(22)24-14-9-6-13(7-10-14)8-11-17-19-18(21-20-17)15-4-2-3-5-16(15)23/h2-11,23H,1H3,(H,19,20,21). The smallest absolute Gasteiger partial charge is 0.308 e. The first-order valence-electron chi connectivity index (χ1n) is 7.29. The van der Waals surface area contributed by atoms with Crippen LogP contribution in [0.25, 0.3) is 23.5 Å². The summed E-state index contributed by atoms with van der Waals surface area (Å²) < 4.78 is 4.98. The van der Waals surface area contributed by atoms with Crippen LogP contribution in [-0.4, -0.2) is 26.3 Å². The van der Waals surface area contributed by atoms with E-state index in [4.69, 9.17) is 4.74 Å². The number of carbonyl (C=O) groups is 1. The summed E-state index contributed by atoms with van der Waals surface area (Å²) in [5.41, 5.74) is 1.49. The van der Waals surface area contributed by atoms with Crippen LogP contribution in [0.2, 0.25) is 0 Å². The maximum Gasteiger partial charge on any atom is 0.308 e. The largest absolute Gasteiger partial charge is 0.507 e. The lowest BCUT2D eigenvalue weighted by atomic mass is 10.2. The quantitative estimate of drug-likeness (QED) is 0.569. The van der Waals surface area contributed by atoms with Gasteiger partial charge in [0.25, 0.3) is 0 Å². The molecule has 3 rings (SSSR count). The number of hydrogen-bond acceptors (Lipinski definition) is 5. The Bertz CT molecular complexity index is 883. The first kappa shape index (κ1) is 15.5. The number of phenolic OH excluding ortho intramolecular Hbond substituents is 1. The van der Waals surface area contributed by atoms with Crippen LogP contribution in [0.1, 0.15) is 18.3 Å². The number of carbonyl (C=O) groups excluding carboxylic acids is 1. The molecule has 0 aliphatic rings. The number of aromatic nitrogens is 3. The van der Waals surface area contributed by atoms with E-state index in [1.165, 1.54) is 6.92 Å². The summed E-state index contributed by atoms with van der Waals surface area (Å²) in [6, 6.07) is 14.0. The lowest BCUT2D eigenvalue weighted by Crippen LogP contribution is -2.00. The van der Waals surface area contributed by atoms with E-state index in [0.29, 0.717) is 23.0 Å². The van der Waals surface area contributed by atoms with Crippen molar-refractivity contribution in [2.24, 2.45) is 0 Å². The van der Waals surface area contributed by atoms with E-state index in [2.05, 4.69) is 15.2 Å². The van der Waals surface area contributed by atoms with Crippen LogP contribution < -0.4 is 4.74 Å². The molecule has 0 fully saturated rings. The van der Waals surface area contributed by atoms with Crippen molar-refractivity contribution in [3.05, 3.63) is 59.9 Å². The number of esters is 1. The van der Waals surface area contributed by atoms with E-state index in [1.54, 1.807) is 36.4 Å². The van der Waals surface area contributed by atoms with Crippen LogP contribution in [0.15, 0.2) is 48.5 Å². The van der Waals surface area contributed by atoms with Gasteiger partial charge in [0.2, 0.25) is 0 Å². The topological polar surface area (TPSA) is 88.1 Å². The highest BCUT2D eigenvalue weighted by atomic mass is 16.5. The van der Waals surface area contributed by atoms with Gasteiger partial charge in [0.15, 0.2) is 5.82 Å². The number of rotatable bonds is 4. The maximum atomic E-state index is 10.9. The van der Waals surface area contributed by atoms with Crippen molar-refractivity contribution >= 4 is 18.1 Å². The van der Waals surface area contributed by atoms with Crippen molar-refractivity contribution in [2.75, 3.05) is 0 Å². The van der Waals surface area contributed by atoms with Gasteiger partial charge < -0.3 is 9.84 Å². The Morgan fingerprint density at radius 1 is 1.12 bits per heavy atom. The fourth-order valence-corrected chi connectivity index (χ4v) is 2.12. The lowest BCUT2D eigenvalue weighted by molar-refractivity contribution is -0.131. The third kappa shape index (κ3) is 3.67. The molecule has 1 heterocycles. The predicted molar refractivity (Wildman–Crippen MR) is 90.2 cm³/mol. The molecule has 0 aliphatic heterocycles. The van der Waals surface area contributed by atoms with Crippen LogP contribution in [0.4, 0.5) is 0 Å². The Morgan fingerprint density at radius 2 is 1.88 bits per heavy atom. The molecule has 24 heavy (non-hydrogen) atoms. The predicted octanol–water partition coefficient (Wildman–Crippen LogP) is 3.27. The van der Waals surface area contributed by atoms with Gasteiger partial charge in [0.1, 0.15) is 17.3 Å². The lowest BCUT2D eigenvalue weighted by Gasteiger charge is -2.00. The molecular weight excluding hydrogens is 306 g/mol. The molecule has 0 saturated heterocycles. The van der Waals surface area contributed by atoms with Gasteiger partial charge in [-0.3, -0.25) is 9.89 Å². The average molecular weight is 321 g/mol. The van der Waals surface area contributed by atoms with Crippen LogP contribution in [0.5, 0.6) is 11.5 Å². The number of para-hydroxylation sites is 1. The Kier molecular flexibility index (Phi) is 4.38. The Labute approximate surface area is 138 Å². The molecule has 1 aromatic heterocycles. The Morgan fingerprint density at radius 3 is 2.58 bits per heavy atom. The second-order valence-corrected chi connectivity index (χ2v) is 5.06. The molecule has 6 nitrogen and oxygen atoms in total. The van der Waals surface area contributed by atoms with Crippen molar-refractivity contribution in [2.45, 2.75) is 6.92 Å². The van der Waals surface area contributed by atoms with Gasteiger partial charge in [-0.15, -0.1) is 0 Å². The molecule has 6 heteroatoms. The highest BCUT2D eigenvalue weighted by molar-refractivity contribution is 5.71. The van der Waals surface area contributed by atoms with Crippen LogP contribution in [-0.2, 0) is 4.79 Å². The van der Waals surface area contributed by atoms with Gasteiger partial charge in [0.05, 0.1) is 5.56 Å². The molecule has 2 aromatic carbocycles. The zero-order chi connectivity index (χ0) is 16.9. The molecule has 3 aromatic rings. The number of phenols is 1. The van der Waals surface area contributed by atoms with Gasteiger partial charge in [-0.2, -0.15) is 5.10 Å². The molecule has 0 radical (unpaired) electrons. The normalized spacial score (nSPS) is 10.9. The van der Waals surface area contributed by atoms with Gasteiger partial charge in [-0.25, -0.2) is 4.98 Å². The molecule has 0 aliphatic carbocycles. The van der Waals surface area contributed by atoms with Crippen molar-refractivity contribution in [3.8, 4) is 22.9 Å². The molecule has 0 bridgehead atoms. The number of ether oxygens (including phenoxy) is 1. The molecule has 0 amide bonds. The molecule has 0 atom stereocenters. The summed E-state index contributed by atoms with van der Waals surface area (Å²) in [6.45, 7) is 1.36. The van der Waals surface area contributed by atoms with Gasteiger partial charge in [0, 0.05) is 6.92 Å². The fourth-order valence-electron chi connectivity index (χ4n) is 2.12. The van der Waals surface area contributed by atoms with Crippen molar-refractivity contribution in [1.82, 2.24) is 15.2 Å². The minimum atomic E-state index is -0.350. The zero-order valence-corrected chi connectivity index (χ0v) is 12.9. The van der Waals surface area contributed by atoms with E-state index < -0.39 is 0 Å². The van der Waals surface area contributed by atoms with Gasteiger partial charge >= 0.3 is 5.97 Å². The molecule has 2 N–H and O–H groups in total. The third-order valence-electron chi connectivity index (χ3n) is 3.22. The van der Waals surface area contributed by atoms with Crippen LogP contribution >= 0.6 is 0 Å². The van der Waals surface area contributed by atoms with Crippen LogP contribution in [0, 0.1) is 0 Å². The highest BCUT2D eigenvalue weighted by Crippen LogP contribution is 2.25. The maximum absolute atomic E-state index is 10.9. The Balaban J connectivity index is 1.73. The van der Waals surface area contributed by atoms with E-state index >= 15 is 0 Å². The number of nitrogens with zero attached hydrogens (tertiary/aromatic N) is 2. The van der Waals surface area contributed by atoms with Gasteiger partial charge in [-0.1, -0.05) is 30.3 Å². The zero-order valence-electron chi connectivity index (χ0n) is 12.9. The second-order valence-electron chi connectivity index (χ2n) is 5.06. The molecular formula is C18H15N3O3. The molecule has 0 saturated carbocycles. The first-order valence-corrected chi connectivity index (χ1v) is 7.29. The van der Waals surface area contributed by atoms with Crippen LogP contribution in [0.3, 0.4) is 0 Å². The molecule has 0 spiro atoms. The van der Waals surface area contributed by atoms with E-state index in [0.717, 1.165) is 5.56 Å². The third-order valence-corrected chi connectivity index (χ3v) is 3.22. The molecule has 0 unspecified atom stereocenters. The first-order chi connectivity index (χ1) is 11.6. The number of hydrogen-bond donors (Lipinski definition) is 2. The van der Waals surface area contributed by atoms with E-state index in [9.17, 15) is 9.90 Å². The van der Waals surface area contributed by atoms with Crippen molar-refractivity contribution in [1.29, 1.82) is 0 Å². The Hall–Kier alpha value is -3.41. The fraction of sp³-hybridized carbons (Fsp3) is 0.0556. The summed E-state index contributed by atoms with van der Waals surface area (Å²) in [5.74, 6) is 1.28. The van der Waals surface area contributed by atoms with E-state index in [1.807, 2.05) is 24.3 Å². The summed E-state index contributed by atoms with van der Waals surface area (Å²) in [7, 11) is 0. The minimum absolute atomic E-state index is 0.132. The summed E-state index contributed by atoms with van der Waals surface area (Å²) in [4.78, 5) is 15.2. The molecule has 120 valence electrons. The number of aromatic amines is 1. The number of nitrogens with one attached hydrogen (secondary N) is 1. The number of aromatic hydroxyl groups is 1. The average Bonchev–Trinajstić information content (AvgIpc) is 3.03.